The third kappa shape index (κ3) is 5.04. The molecule has 0 bridgehead atoms. The lowest BCUT2D eigenvalue weighted by Gasteiger charge is -2.20. The number of likely N-dealkylation sites (N-methyl/N-ethyl adjacent to an activating group) is 2. The Morgan fingerprint density at radius 2 is 1.57 bits per heavy atom. The molecule has 0 saturated heterocycles. The Labute approximate surface area is 127 Å². The van der Waals surface area contributed by atoms with Crippen LogP contribution in [0.3, 0.4) is 0 Å². The lowest BCUT2D eigenvalue weighted by molar-refractivity contribution is 0.416. The van der Waals surface area contributed by atoms with E-state index in [0.29, 0.717) is 0 Å². The van der Waals surface area contributed by atoms with Crippen LogP contribution in [0.4, 0.5) is 5.82 Å². The maximum absolute atomic E-state index is 4.52. The van der Waals surface area contributed by atoms with Gasteiger partial charge in [0, 0.05) is 26.3 Å². The van der Waals surface area contributed by atoms with Gasteiger partial charge < -0.3 is 9.80 Å². The van der Waals surface area contributed by atoms with Gasteiger partial charge in [0.05, 0.1) is 0 Å². The lowest BCUT2D eigenvalue weighted by atomic mass is 10.2. The summed E-state index contributed by atoms with van der Waals surface area (Å²) in [6, 6.07) is 14.5. The summed E-state index contributed by atoms with van der Waals surface area (Å²) in [5.74, 6) is 1.01. The molecule has 110 valence electrons. The molecule has 0 fully saturated rings. The Bertz CT molecular complexity index is 559. The van der Waals surface area contributed by atoms with Crippen LogP contribution in [-0.4, -0.2) is 44.1 Å². The standard InChI is InChI=1S/C18H23N3/c1-20(2)13-14-21(3)18-12-11-17(15-19-18)10-9-16-7-5-4-6-8-16/h4-12,15H,13-14H2,1-3H3/b10-9+. The second kappa shape index (κ2) is 7.60. The van der Waals surface area contributed by atoms with Crippen LogP contribution in [0.2, 0.25) is 0 Å². The van der Waals surface area contributed by atoms with E-state index in [4.69, 9.17) is 0 Å². The summed E-state index contributed by atoms with van der Waals surface area (Å²) in [5.41, 5.74) is 2.31. The van der Waals surface area contributed by atoms with Gasteiger partial charge in [0.15, 0.2) is 0 Å². The molecule has 1 heterocycles. The summed E-state index contributed by atoms with van der Waals surface area (Å²) in [7, 11) is 6.24. The highest BCUT2D eigenvalue weighted by molar-refractivity contribution is 5.69. The van der Waals surface area contributed by atoms with Crippen molar-refractivity contribution in [2.24, 2.45) is 0 Å². The van der Waals surface area contributed by atoms with Crippen molar-refractivity contribution in [3.05, 3.63) is 59.8 Å². The topological polar surface area (TPSA) is 19.4 Å². The van der Waals surface area contributed by atoms with Gasteiger partial charge in [-0.1, -0.05) is 42.5 Å². The first-order valence-electron chi connectivity index (χ1n) is 7.20. The molecule has 1 aromatic carbocycles. The van der Waals surface area contributed by atoms with E-state index >= 15 is 0 Å². The minimum atomic E-state index is 0.971. The number of anilines is 1. The average Bonchev–Trinajstić information content (AvgIpc) is 2.52. The van der Waals surface area contributed by atoms with Gasteiger partial charge in [-0.3, -0.25) is 0 Å². The third-order valence-electron chi connectivity index (χ3n) is 3.31. The van der Waals surface area contributed by atoms with Crippen molar-refractivity contribution >= 4 is 18.0 Å². The minimum absolute atomic E-state index is 0.971. The highest BCUT2D eigenvalue weighted by Gasteiger charge is 2.02. The summed E-state index contributed by atoms with van der Waals surface area (Å²) < 4.78 is 0. The summed E-state index contributed by atoms with van der Waals surface area (Å²) in [6.07, 6.45) is 6.11. The fraction of sp³-hybridized carbons (Fsp3) is 0.278. The molecule has 0 spiro atoms. The van der Waals surface area contributed by atoms with Crippen molar-refractivity contribution < 1.29 is 0 Å². The van der Waals surface area contributed by atoms with E-state index in [1.807, 2.05) is 24.4 Å². The molecule has 0 amide bonds. The van der Waals surface area contributed by atoms with Gasteiger partial charge >= 0.3 is 0 Å². The van der Waals surface area contributed by atoms with E-state index < -0.39 is 0 Å². The molecule has 3 nitrogen and oxygen atoms in total. The van der Waals surface area contributed by atoms with E-state index in [1.54, 1.807) is 0 Å². The zero-order valence-corrected chi connectivity index (χ0v) is 13.0. The lowest BCUT2D eigenvalue weighted by Crippen LogP contribution is -2.28. The molecule has 0 aliphatic carbocycles. The van der Waals surface area contributed by atoms with E-state index in [0.717, 1.165) is 24.5 Å². The first-order chi connectivity index (χ1) is 10.1. The molecule has 0 saturated carbocycles. The van der Waals surface area contributed by atoms with Gasteiger partial charge in [0.2, 0.25) is 0 Å². The third-order valence-corrected chi connectivity index (χ3v) is 3.31. The molecule has 1 aromatic heterocycles. The molecule has 0 aliphatic rings. The van der Waals surface area contributed by atoms with Crippen molar-refractivity contribution in [3.8, 4) is 0 Å². The number of rotatable bonds is 6. The number of benzene rings is 1. The van der Waals surface area contributed by atoms with E-state index in [-0.39, 0.29) is 0 Å². The van der Waals surface area contributed by atoms with Gasteiger partial charge in [-0.15, -0.1) is 0 Å². The number of hydrogen-bond acceptors (Lipinski definition) is 3. The maximum atomic E-state index is 4.52. The SMILES string of the molecule is CN(C)CCN(C)c1ccc(/C=C/c2ccccc2)cn1. The summed E-state index contributed by atoms with van der Waals surface area (Å²) >= 11 is 0. The molecular formula is C18H23N3. The monoisotopic (exact) mass is 281 g/mol. The normalized spacial score (nSPS) is 11.2. The first-order valence-corrected chi connectivity index (χ1v) is 7.20. The largest absolute Gasteiger partial charge is 0.358 e. The first kappa shape index (κ1) is 15.3. The van der Waals surface area contributed by atoms with Crippen LogP contribution in [-0.2, 0) is 0 Å². The summed E-state index contributed by atoms with van der Waals surface area (Å²) in [5, 5.41) is 0. The van der Waals surface area contributed by atoms with Gasteiger partial charge in [-0.25, -0.2) is 4.98 Å². The van der Waals surface area contributed by atoms with Gasteiger partial charge in [-0.05, 0) is 37.4 Å². The van der Waals surface area contributed by atoms with Gasteiger partial charge in [0.25, 0.3) is 0 Å². The molecule has 0 radical (unpaired) electrons. The second-order valence-corrected chi connectivity index (χ2v) is 5.42. The Morgan fingerprint density at radius 3 is 2.19 bits per heavy atom. The van der Waals surface area contributed by atoms with Crippen LogP contribution in [0.1, 0.15) is 11.1 Å². The molecule has 21 heavy (non-hydrogen) atoms. The highest BCUT2D eigenvalue weighted by Crippen LogP contribution is 2.12. The molecule has 0 atom stereocenters. The van der Waals surface area contributed by atoms with E-state index in [9.17, 15) is 0 Å². The van der Waals surface area contributed by atoms with Crippen LogP contribution in [0.5, 0.6) is 0 Å². The Kier molecular flexibility index (Phi) is 5.52. The molecule has 0 aliphatic heterocycles. The van der Waals surface area contributed by atoms with Crippen LogP contribution in [0, 0.1) is 0 Å². The molecule has 0 N–H and O–H groups in total. The Balaban J connectivity index is 1.97. The smallest absolute Gasteiger partial charge is 0.128 e. The number of nitrogens with zero attached hydrogens (tertiary/aromatic N) is 3. The fourth-order valence-corrected chi connectivity index (χ4v) is 1.94. The maximum Gasteiger partial charge on any atom is 0.128 e. The number of aromatic nitrogens is 1. The molecule has 0 unspecified atom stereocenters. The molecular weight excluding hydrogens is 258 g/mol. The fourth-order valence-electron chi connectivity index (χ4n) is 1.94. The number of hydrogen-bond donors (Lipinski definition) is 0. The summed E-state index contributed by atoms with van der Waals surface area (Å²) in [4.78, 5) is 8.87. The van der Waals surface area contributed by atoms with Crippen LogP contribution >= 0.6 is 0 Å². The Hall–Kier alpha value is -2.13. The minimum Gasteiger partial charge on any atom is -0.358 e. The predicted octanol–water partition coefficient (Wildman–Crippen LogP) is 3.25. The van der Waals surface area contributed by atoms with Crippen molar-refractivity contribution in [2.45, 2.75) is 0 Å². The average molecular weight is 281 g/mol. The van der Waals surface area contributed by atoms with Crippen LogP contribution < -0.4 is 4.90 Å². The quantitative estimate of drug-likeness (QED) is 0.810. The van der Waals surface area contributed by atoms with Crippen molar-refractivity contribution in [1.82, 2.24) is 9.88 Å². The van der Waals surface area contributed by atoms with Crippen LogP contribution in [0.15, 0.2) is 48.7 Å². The molecule has 2 rings (SSSR count). The van der Waals surface area contributed by atoms with E-state index in [1.165, 1.54) is 5.56 Å². The van der Waals surface area contributed by atoms with Gasteiger partial charge in [-0.2, -0.15) is 0 Å². The van der Waals surface area contributed by atoms with E-state index in [2.05, 4.69) is 72.3 Å². The highest BCUT2D eigenvalue weighted by atomic mass is 15.2. The van der Waals surface area contributed by atoms with Crippen molar-refractivity contribution in [2.75, 3.05) is 39.1 Å². The zero-order valence-electron chi connectivity index (χ0n) is 13.0. The zero-order chi connectivity index (χ0) is 15.1. The van der Waals surface area contributed by atoms with Crippen molar-refractivity contribution in [1.29, 1.82) is 0 Å². The number of pyridine rings is 1. The second-order valence-electron chi connectivity index (χ2n) is 5.42. The van der Waals surface area contributed by atoms with Gasteiger partial charge in [0.1, 0.15) is 5.82 Å². The Morgan fingerprint density at radius 1 is 0.857 bits per heavy atom. The molecule has 3 heteroatoms. The van der Waals surface area contributed by atoms with Crippen LogP contribution in [0.25, 0.3) is 12.2 Å². The summed E-state index contributed by atoms with van der Waals surface area (Å²) in [6.45, 7) is 1.99. The van der Waals surface area contributed by atoms with Crippen molar-refractivity contribution in [3.63, 3.8) is 0 Å². The predicted molar refractivity (Wildman–Crippen MR) is 91.4 cm³/mol. The molecule has 2 aromatic rings.